The molecule has 5 heterocycles. The van der Waals surface area contributed by atoms with E-state index in [4.69, 9.17) is 75.8 Å². The molecule has 9 aliphatic rings. The zero-order valence-corrected chi connectivity index (χ0v) is 52.9. The van der Waals surface area contributed by atoms with Crippen molar-refractivity contribution in [1.29, 1.82) is 0 Å². The molecule has 23 nitrogen and oxygen atoms in total. The van der Waals surface area contributed by atoms with Crippen molar-refractivity contribution in [3.63, 3.8) is 0 Å². The van der Waals surface area contributed by atoms with Crippen LogP contribution >= 0.6 is 0 Å². The summed E-state index contributed by atoms with van der Waals surface area (Å²) in [5.74, 6) is -1.17. The molecule has 9 fully saturated rings. The summed E-state index contributed by atoms with van der Waals surface area (Å²) in [6.45, 7) is 20.1. The molecular weight excluding hydrogens is 1110 g/mol. The molecule has 1 unspecified atom stereocenters. The summed E-state index contributed by atoms with van der Waals surface area (Å²) in [6, 6.07) is 0. The van der Waals surface area contributed by atoms with Crippen molar-refractivity contribution in [2.45, 2.75) is 318 Å². The third-order valence-electron chi connectivity index (χ3n) is 22.4. The lowest BCUT2D eigenvalue weighted by molar-refractivity contribution is -0.357. The lowest BCUT2D eigenvalue weighted by atomic mass is 9.42. The molecule has 4 aliphatic carbocycles. The number of carbonyl (C=O) groups is 2. The molecule has 5 N–H and O–H groups in total. The van der Waals surface area contributed by atoms with Gasteiger partial charge in [0.15, 0.2) is 31.5 Å². The van der Waals surface area contributed by atoms with Crippen LogP contribution in [0.3, 0.4) is 0 Å². The van der Waals surface area contributed by atoms with Gasteiger partial charge in [0.25, 0.3) is 0 Å². The molecule has 9 rings (SSSR count). The van der Waals surface area contributed by atoms with E-state index in [0.29, 0.717) is 38.5 Å². The van der Waals surface area contributed by atoms with Gasteiger partial charge in [-0.3, -0.25) is 9.59 Å². The highest BCUT2D eigenvalue weighted by molar-refractivity contribution is 5.72. The topological polar surface area (TPSA) is 283 Å². The number of methoxy groups -OCH3 is 4. The molecule has 0 radical (unpaired) electrons. The maximum absolute atomic E-state index is 13.1. The normalized spacial score (nSPS) is 50.9. The molecule has 0 aromatic rings. The summed E-state index contributed by atoms with van der Waals surface area (Å²) >= 11 is 0. The molecule has 0 aromatic carbocycles. The molecule has 5 saturated heterocycles. The summed E-state index contributed by atoms with van der Waals surface area (Å²) in [5, 5.41) is 58.9. The quantitative estimate of drug-likeness (QED) is 0.0862. The first-order chi connectivity index (χ1) is 40.2. The van der Waals surface area contributed by atoms with Crippen LogP contribution in [0.1, 0.15) is 160 Å². The minimum absolute atomic E-state index is 0.00482. The fraction of sp³-hybridized carbons (Fsp3) is 0.968. The van der Waals surface area contributed by atoms with Crippen LogP contribution in [-0.4, -0.2) is 225 Å². The predicted molar refractivity (Wildman–Crippen MR) is 300 cm³/mol. The minimum Gasteiger partial charge on any atom is -0.462 e. The maximum Gasteiger partial charge on any atom is 0.309 e. The Morgan fingerprint density at radius 3 is 1.59 bits per heavy atom. The summed E-state index contributed by atoms with van der Waals surface area (Å²) in [4.78, 5) is 25.9. The maximum atomic E-state index is 13.1. The molecule has 5 aliphatic heterocycles. The SMILES string of the molecule is CCC(C)C(=O)O[C@@H](C)[C@]1(O)CC[C@]2(O)[C@@H]3CC[C@H]4C[C@@H](O[C@H]5C[C@H](O)[C@H](O[C@H]6C[C@H](OC)[C@H](O[C@H]7C[C@@H](OC)[C@H](O[C@H]8C[C@@H](OC)[C@H](O[C@@H]9O[C@H](C)[C@@H](O)[C@H](OC)[C@H]9O)[C@@H](C)O8)[C@@H](C)O7)[C@@H](C)O6)[C@@H](C)O5)CC[C@]4(C)[C@H]3C[C@@H](OC(C)=O)[C@]12C. The Balaban J connectivity index is 0.749. The first-order valence-electron chi connectivity index (χ1n) is 31.7. The molecule has 4 saturated carbocycles. The Bertz CT molecular complexity index is 2200. The van der Waals surface area contributed by atoms with Crippen LogP contribution in [0.5, 0.6) is 0 Å². The highest BCUT2D eigenvalue weighted by Gasteiger charge is 2.77. The van der Waals surface area contributed by atoms with Crippen molar-refractivity contribution < 1.29 is 111 Å². The van der Waals surface area contributed by atoms with Crippen LogP contribution in [0.25, 0.3) is 0 Å². The zero-order valence-electron chi connectivity index (χ0n) is 52.9. The number of aliphatic hydroxyl groups is 5. The second-order valence-electron chi connectivity index (χ2n) is 27.0. The number of ether oxygens (including phenoxy) is 16. The number of rotatable bonds is 19. The molecule has 23 heteroatoms. The van der Waals surface area contributed by atoms with E-state index in [1.54, 1.807) is 42.1 Å². The number of hydrogen-bond acceptors (Lipinski definition) is 23. The van der Waals surface area contributed by atoms with Gasteiger partial charge in [-0.05, 0) is 122 Å². The lowest BCUT2D eigenvalue weighted by Crippen LogP contribution is -2.72. The van der Waals surface area contributed by atoms with Crippen LogP contribution in [0.15, 0.2) is 0 Å². The zero-order chi connectivity index (χ0) is 61.8. The van der Waals surface area contributed by atoms with Crippen molar-refractivity contribution in [2.24, 2.45) is 34.5 Å². The fourth-order valence-corrected chi connectivity index (χ4v) is 17.0. The van der Waals surface area contributed by atoms with E-state index in [-0.39, 0.29) is 48.0 Å². The smallest absolute Gasteiger partial charge is 0.309 e. The van der Waals surface area contributed by atoms with E-state index in [2.05, 4.69) is 6.92 Å². The molecule has 0 bridgehead atoms. The van der Waals surface area contributed by atoms with Gasteiger partial charge in [-0.2, -0.15) is 0 Å². The van der Waals surface area contributed by atoms with Gasteiger partial charge in [0.2, 0.25) is 0 Å². The van der Waals surface area contributed by atoms with Crippen LogP contribution in [0, 0.1) is 34.5 Å². The van der Waals surface area contributed by atoms with Crippen LogP contribution < -0.4 is 0 Å². The van der Waals surface area contributed by atoms with E-state index >= 15 is 0 Å². The number of hydrogen-bond donors (Lipinski definition) is 5. The van der Waals surface area contributed by atoms with E-state index in [0.717, 1.165) is 32.1 Å². The van der Waals surface area contributed by atoms with Gasteiger partial charge in [0.1, 0.15) is 60.5 Å². The standard InChI is InChI=1S/C62H104O23/c1-16-29(2)57(67)79-35(8)61(68)21-22-62(69)39-18-17-37-23-38(19-20-59(37,10)40(39)24-45(60(61,62)11)80-36(9)63)81-46-25-41(64)52(31(4)74-46)82-47-26-42(70-12)53(32(5)75-47)83-48-27-43(71-13)54(33(6)76-48)84-49-28-44(72-14)55(34(7)77-49)85-58-51(66)56(73-15)50(65)30(3)78-58/h29-35,37-56,58,64-66,68-69H,16-28H2,1-15H3/t29?,30-,31-,32-,33-,34-,35+,37+,38+,39-,40+,41+,42+,43-,44-,45-,46+,47+,48+,49+,50-,51-,52-,53-,54-,55-,56+,58+,59+,60-,61-,62+/m1/s1. The van der Waals surface area contributed by atoms with Gasteiger partial charge in [0, 0.05) is 61.0 Å². The number of carbonyl (C=O) groups excluding carboxylic acids is 2. The van der Waals surface area contributed by atoms with Crippen LogP contribution in [0.2, 0.25) is 0 Å². The highest BCUT2D eigenvalue weighted by atomic mass is 16.8. The minimum atomic E-state index is -1.63. The Morgan fingerprint density at radius 2 is 1.08 bits per heavy atom. The van der Waals surface area contributed by atoms with E-state index in [1.807, 2.05) is 41.5 Å². The largest absolute Gasteiger partial charge is 0.462 e. The third kappa shape index (κ3) is 12.9. The summed E-state index contributed by atoms with van der Waals surface area (Å²) in [5.41, 5.74) is -4.52. The van der Waals surface area contributed by atoms with Crippen molar-refractivity contribution in [1.82, 2.24) is 0 Å². The summed E-state index contributed by atoms with van der Waals surface area (Å²) < 4.78 is 99.7. The molecule has 0 amide bonds. The monoisotopic (exact) mass is 1220 g/mol. The number of aliphatic hydroxyl groups excluding tert-OH is 3. The van der Waals surface area contributed by atoms with Gasteiger partial charge < -0.3 is 101 Å². The van der Waals surface area contributed by atoms with E-state index < -0.39 is 170 Å². The second-order valence-corrected chi connectivity index (χ2v) is 27.0. The Hall–Kier alpha value is -1.82. The highest BCUT2D eigenvalue weighted by Crippen LogP contribution is 2.71. The van der Waals surface area contributed by atoms with Crippen molar-refractivity contribution in [3.05, 3.63) is 0 Å². The Kier molecular flexibility index (Phi) is 21.6. The number of esters is 2. The lowest BCUT2D eigenvalue weighted by Gasteiger charge is -2.66. The third-order valence-corrected chi connectivity index (χ3v) is 22.4. The van der Waals surface area contributed by atoms with E-state index in [9.17, 15) is 35.1 Å². The predicted octanol–water partition coefficient (Wildman–Crippen LogP) is 4.75. The Morgan fingerprint density at radius 1 is 0.565 bits per heavy atom. The van der Waals surface area contributed by atoms with Crippen LogP contribution in [0.4, 0.5) is 0 Å². The Labute approximate surface area is 502 Å². The van der Waals surface area contributed by atoms with Crippen molar-refractivity contribution in [2.75, 3.05) is 28.4 Å². The molecule has 32 atom stereocenters. The fourth-order valence-electron chi connectivity index (χ4n) is 17.0. The average molecular weight is 1220 g/mol. The van der Waals surface area contributed by atoms with Crippen molar-refractivity contribution >= 4 is 11.9 Å². The van der Waals surface area contributed by atoms with Gasteiger partial charge in [-0.15, -0.1) is 0 Å². The molecular formula is C62H104O23. The van der Waals surface area contributed by atoms with Crippen molar-refractivity contribution in [3.8, 4) is 0 Å². The average Bonchev–Trinajstić information content (AvgIpc) is 1.61. The second kappa shape index (κ2) is 27.2. The first-order valence-corrected chi connectivity index (χ1v) is 31.7. The van der Waals surface area contributed by atoms with Gasteiger partial charge >= 0.3 is 11.9 Å². The molecule has 0 spiro atoms. The van der Waals surface area contributed by atoms with Crippen LogP contribution in [-0.2, 0) is 85.4 Å². The first kappa shape index (κ1) is 67.6. The van der Waals surface area contributed by atoms with Gasteiger partial charge in [-0.1, -0.05) is 27.7 Å². The summed E-state index contributed by atoms with van der Waals surface area (Å²) in [6.07, 6.45) is -9.89. The molecule has 85 heavy (non-hydrogen) atoms. The molecule has 0 aromatic heterocycles. The summed E-state index contributed by atoms with van der Waals surface area (Å²) in [7, 11) is 6.22. The van der Waals surface area contributed by atoms with E-state index in [1.165, 1.54) is 14.0 Å². The number of fused-ring (bicyclic) bond motifs is 5. The molecule has 490 valence electrons. The van der Waals surface area contributed by atoms with Gasteiger partial charge in [-0.25, -0.2) is 0 Å². The van der Waals surface area contributed by atoms with Gasteiger partial charge in [0.05, 0.1) is 78.0 Å².